The van der Waals surface area contributed by atoms with E-state index in [1.807, 2.05) is 18.2 Å². The van der Waals surface area contributed by atoms with Crippen LogP contribution in [0.3, 0.4) is 0 Å². The van der Waals surface area contributed by atoms with Crippen molar-refractivity contribution in [2.75, 3.05) is 48.8 Å². The Morgan fingerprint density at radius 1 is 1.06 bits per heavy atom. The molecule has 4 rings (SSSR count). The van der Waals surface area contributed by atoms with Gasteiger partial charge in [0.05, 0.1) is 17.4 Å². The van der Waals surface area contributed by atoms with E-state index in [2.05, 4.69) is 48.3 Å². The van der Waals surface area contributed by atoms with Crippen LogP contribution in [-0.4, -0.2) is 49.1 Å². The third-order valence-corrected chi connectivity index (χ3v) is 5.28. The summed E-state index contributed by atoms with van der Waals surface area (Å²) >= 11 is 6.30. The number of rotatable bonds is 6. The molecule has 4 N–H and O–H groups in total. The Bertz CT molecular complexity index is 1050. The first-order valence-electron chi connectivity index (χ1n) is 10.1. The smallest absolute Gasteiger partial charge is 0.253 e. The molecule has 1 aliphatic heterocycles. The molecule has 1 fully saturated rings. The molecule has 0 aliphatic carbocycles. The Morgan fingerprint density at radius 3 is 2.55 bits per heavy atom. The van der Waals surface area contributed by atoms with Crippen molar-refractivity contribution < 1.29 is 4.79 Å². The highest BCUT2D eigenvalue weighted by Crippen LogP contribution is 2.27. The van der Waals surface area contributed by atoms with Crippen molar-refractivity contribution in [1.82, 2.24) is 20.6 Å². The van der Waals surface area contributed by atoms with Gasteiger partial charge in [-0.15, -0.1) is 0 Å². The van der Waals surface area contributed by atoms with Crippen LogP contribution in [0.5, 0.6) is 0 Å². The summed E-state index contributed by atoms with van der Waals surface area (Å²) in [6, 6.07) is 15.3. The first-order valence-corrected chi connectivity index (χ1v) is 10.5. The number of amides is 1. The van der Waals surface area contributed by atoms with Gasteiger partial charge >= 0.3 is 0 Å². The number of nitrogens with one attached hydrogen (secondary N) is 4. The summed E-state index contributed by atoms with van der Waals surface area (Å²) in [6.07, 6.45) is 1.52. The van der Waals surface area contributed by atoms with Gasteiger partial charge in [-0.05, 0) is 36.4 Å². The predicted octanol–water partition coefficient (Wildman–Crippen LogP) is 3.39. The highest BCUT2D eigenvalue weighted by Gasteiger charge is 2.13. The second kappa shape index (κ2) is 9.63. The van der Waals surface area contributed by atoms with Gasteiger partial charge in [-0.1, -0.05) is 23.7 Å². The van der Waals surface area contributed by atoms with Crippen LogP contribution in [0.15, 0.2) is 54.7 Å². The first kappa shape index (κ1) is 20.9. The van der Waals surface area contributed by atoms with E-state index in [9.17, 15) is 4.79 Å². The second-order valence-corrected chi connectivity index (χ2v) is 7.46. The summed E-state index contributed by atoms with van der Waals surface area (Å²) in [5.74, 6) is 0.614. The van der Waals surface area contributed by atoms with E-state index in [0.29, 0.717) is 28.0 Å². The number of anilines is 5. The lowest BCUT2D eigenvalue weighted by atomic mass is 10.1. The Labute approximate surface area is 186 Å². The van der Waals surface area contributed by atoms with Gasteiger partial charge in [-0.2, -0.15) is 4.98 Å². The molecule has 1 aromatic heterocycles. The van der Waals surface area contributed by atoms with E-state index < -0.39 is 0 Å². The fourth-order valence-electron chi connectivity index (χ4n) is 3.38. The lowest BCUT2D eigenvalue weighted by Crippen LogP contribution is -2.43. The van der Waals surface area contributed by atoms with Crippen molar-refractivity contribution in [1.29, 1.82) is 0 Å². The van der Waals surface area contributed by atoms with E-state index >= 15 is 0 Å². The van der Waals surface area contributed by atoms with Gasteiger partial charge in [0.1, 0.15) is 5.02 Å². The summed E-state index contributed by atoms with van der Waals surface area (Å²) in [4.78, 5) is 23.2. The van der Waals surface area contributed by atoms with Crippen LogP contribution in [0, 0.1) is 0 Å². The Kier molecular flexibility index (Phi) is 6.49. The normalized spacial score (nSPS) is 13.5. The third-order valence-electron chi connectivity index (χ3n) is 5.00. The average molecular weight is 438 g/mol. The number of carbonyl (C=O) groups excluding carboxylic acids is 1. The maximum atomic E-state index is 12.1. The van der Waals surface area contributed by atoms with Crippen LogP contribution in [0.25, 0.3) is 0 Å². The van der Waals surface area contributed by atoms with Gasteiger partial charge < -0.3 is 26.2 Å². The van der Waals surface area contributed by atoms with Crippen molar-refractivity contribution in [2.24, 2.45) is 0 Å². The van der Waals surface area contributed by atoms with Gasteiger partial charge in [0.25, 0.3) is 5.91 Å². The monoisotopic (exact) mass is 437 g/mol. The largest absolute Gasteiger partial charge is 0.369 e. The molecule has 1 aliphatic rings. The number of nitrogens with zero attached hydrogens (tertiary/aromatic N) is 3. The Hall–Kier alpha value is -3.36. The molecule has 1 saturated heterocycles. The zero-order valence-electron chi connectivity index (χ0n) is 17.2. The zero-order valence-corrected chi connectivity index (χ0v) is 17.9. The van der Waals surface area contributed by atoms with Gasteiger partial charge in [-0.3, -0.25) is 4.79 Å². The molecule has 160 valence electrons. The first-order chi connectivity index (χ1) is 15.1. The standard InChI is InChI=1S/C22H24ClN7O/c1-24-21(31)17-4-2-3-5-19(17)28-20-18(23)14-26-22(29-20)27-15-6-8-16(9-7-15)30-12-10-25-11-13-30/h2-9,14,25H,10-13H2,1H3,(H,24,31)(H2,26,27,28,29). The topological polar surface area (TPSA) is 94.2 Å². The van der Waals surface area contributed by atoms with E-state index in [1.54, 1.807) is 25.2 Å². The zero-order chi connectivity index (χ0) is 21.6. The van der Waals surface area contributed by atoms with E-state index in [-0.39, 0.29) is 5.91 Å². The van der Waals surface area contributed by atoms with Gasteiger partial charge in [-0.25, -0.2) is 4.98 Å². The molecule has 9 heteroatoms. The third kappa shape index (κ3) is 5.04. The summed E-state index contributed by atoms with van der Waals surface area (Å²) in [6.45, 7) is 3.99. The second-order valence-electron chi connectivity index (χ2n) is 7.05. The van der Waals surface area contributed by atoms with Crippen LogP contribution in [0.4, 0.5) is 28.8 Å². The Balaban J connectivity index is 1.50. The summed E-state index contributed by atoms with van der Waals surface area (Å²) < 4.78 is 0. The quantitative estimate of drug-likeness (QED) is 0.469. The lowest BCUT2D eigenvalue weighted by molar-refractivity contribution is 0.0964. The van der Waals surface area contributed by atoms with Crippen LogP contribution >= 0.6 is 11.6 Å². The maximum Gasteiger partial charge on any atom is 0.253 e. The molecule has 0 saturated carbocycles. The van der Waals surface area contributed by atoms with Crippen molar-refractivity contribution >= 4 is 46.3 Å². The number of benzene rings is 2. The molecule has 2 aromatic carbocycles. The minimum absolute atomic E-state index is 0.198. The van der Waals surface area contributed by atoms with E-state index in [1.165, 1.54) is 11.9 Å². The molecule has 8 nitrogen and oxygen atoms in total. The SMILES string of the molecule is CNC(=O)c1ccccc1Nc1nc(Nc2ccc(N3CCNCC3)cc2)ncc1Cl. The maximum absolute atomic E-state index is 12.1. The lowest BCUT2D eigenvalue weighted by Gasteiger charge is -2.29. The number of carbonyl (C=O) groups is 1. The molecule has 0 unspecified atom stereocenters. The van der Waals surface area contributed by atoms with Gasteiger partial charge in [0.2, 0.25) is 5.95 Å². The van der Waals surface area contributed by atoms with Crippen LogP contribution < -0.4 is 26.2 Å². The number of piperazine rings is 1. The molecular formula is C22H24ClN7O. The molecule has 0 bridgehead atoms. The fraction of sp³-hybridized carbons (Fsp3) is 0.227. The fourth-order valence-corrected chi connectivity index (χ4v) is 3.51. The van der Waals surface area contributed by atoms with Crippen LogP contribution in [-0.2, 0) is 0 Å². The average Bonchev–Trinajstić information content (AvgIpc) is 2.82. The van der Waals surface area contributed by atoms with E-state index in [4.69, 9.17) is 11.6 Å². The van der Waals surface area contributed by atoms with E-state index in [0.717, 1.165) is 31.9 Å². The summed E-state index contributed by atoms with van der Waals surface area (Å²) in [7, 11) is 1.59. The van der Waals surface area contributed by atoms with Gasteiger partial charge in [0.15, 0.2) is 5.82 Å². The summed E-state index contributed by atoms with van der Waals surface area (Å²) in [5, 5.41) is 12.7. The number of hydrogen-bond acceptors (Lipinski definition) is 7. The number of hydrogen-bond donors (Lipinski definition) is 4. The number of halogens is 1. The molecule has 0 atom stereocenters. The predicted molar refractivity (Wildman–Crippen MR) is 125 cm³/mol. The molecule has 3 aromatic rings. The molecule has 0 radical (unpaired) electrons. The molecule has 0 spiro atoms. The summed E-state index contributed by atoms with van der Waals surface area (Å²) in [5.41, 5.74) is 3.17. The van der Waals surface area contributed by atoms with Crippen molar-refractivity contribution in [2.45, 2.75) is 0 Å². The highest BCUT2D eigenvalue weighted by atomic mass is 35.5. The number of para-hydroxylation sites is 1. The number of aromatic nitrogens is 2. The Morgan fingerprint density at radius 2 is 1.81 bits per heavy atom. The highest BCUT2D eigenvalue weighted by molar-refractivity contribution is 6.33. The minimum atomic E-state index is -0.198. The minimum Gasteiger partial charge on any atom is -0.369 e. The molecular weight excluding hydrogens is 414 g/mol. The van der Waals surface area contributed by atoms with Crippen molar-refractivity contribution in [3.05, 3.63) is 65.3 Å². The van der Waals surface area contributed by atoms with Gasteiger partial charge in [0, 0.05) is 44.6 Å². The molecule has 1 amide bonds. The van der Waals surface area contributed by atoms with Crippen LogP contribution in [0.2, 0.25) is 5.02 Å². The molecule has 2 heterocycles. The van der Waals surface area contributed by atoms with Crippen molar-refractivity contribution in [3.63, 3.8) is 0 Å². The van der Waals surface area contributed by atoms with Crippen LogP contribution in [0.1, 0.15) is 10.4 Å². The van der Waals surface area contributed by atoms with Crippen molar-refractivity contribution in [3.8, 4) is 0 Å². The molecule has 31 heavy (non-hydrogen) atoms.